The van der Waals surface area contributed by atoms with Crippen molar-refractivity contribution in [2.24, 2.45) is 5.90 Å². The molecule has 0 heterocycles. The van der Waals surface area contributed by atoms with Crippen molar-refractivity contribution < 1.29 is 14.7 Å². The van der Waals surface area contributed by atoms with Gasteiger partial charge in [0.25, 0.3) is 0 Å². The molecule has 0 aliphatic carbocycles. The van der Waals surface area contributed by atoms with E-state index in [1.54, 1.807) is 18.2 Å². The first-order valence-corrected chi connectivity index (χ1v) is 4.57. The number of halogens is 2. The van der Waals surface area contributed by atoms with Crippen LogP contribution >= 0.6 is 23.2 Å². The number of hydrogen-bond donors (Lipinski definition) is 2. The first-order chi connectivity index (χ1) is 7.06. The highest BCUT2D eigenvalue weighted by atomic mass is 35.5. The van der Waals surface area contributed by atoms with Crippen molar-refractivity contribution in [2.45, 2.75) is 0 Å². The van der Waals surface area contributed by atoms with Crippen molar-refractivity contribution in [3.8, 4) is 0 Å². The zero-order valence-corrected chi connectivity index (χ0v) is 8.92. The Kier molecular flexibility index (Phi) is 3.96. The van der Waals surface area contributed by atoms with Crippen LogP contribution in [0.4, 0.5) is 0 Å². The molecule has 0 aliphatic heterocycles. The topological polar surface area (TPSA) is 72.5 Å². The molecule has 0 aliphatic rings. The van der Waals surface area contributed by atoms with Gasteiger partial charge in [-0.3, -0.25) is 0 Å². The van der Waals surface area contributed by atoms with Crippen LogP contribution < -0.4 is 5.90 Å². The van der Waals surface area contributed by atoms with Gasteiger partial charge in [0, 0.05) is 21.7 Å². The lowest BCUT2D eigenvalue weighted by atomic mass is 10.2. The molecule has 0 fully saturated rings. The summed E-state index contributed by atoms with van der Waals surface area (Å²) in [5, 5.41) is 9.29. The number of hydrogen-bond acceptors (Lipinski definition) is 3. The van der Waals surface area contributed by atoms with Gasteiger partial charge in [0.1, 0.15) is 0 Å². The monoisotopic (exact) mass is 247 g/mol. The van der Waals surface area contributed by atoms with Crippen molar-refractivity contribution in [3.63, 3.8) is 0 Å². The Labute approximate surface area is 95.8 Å². The molecule has 6 heteroatoms. The van der Waals surface area contributed by atoms with Gasteiger partial charge >= 0.3 is 5.97 Å². The van der Waals surface area contributed by atoms with E-state index < -0.39 is 11.7 Å². The summed E-state index contributed by atoms with van der Waals surface area (Å²) in [5.74, 6) is 3.05. The highest BCUT2D eigenvalue weighted by Gasteiger charge is 2.11. The second-order valence-corrected chi connectivity index (χ2v) is 3.38. The maximum Gasteiger partial charge on any atom is 0.373 e. The van der Waals surface area contributed by atoms with Crippen LogP contribution in [-0.4, -0.2) is 11.1 Å². The molecule has 0 bridgehead atoms. The number of aliphatic carboxylic acids is 1. The van der Waals surface area contributed by atoms with Crippen molar-refractivity contribution >= 4 is 35.2 Å². The summed E-state index contributed by atoms with van der Waals surface area (Å²) >= 11 is 11.6. The number of nitrogens with two attached hydrogens (primary N) is 1. The van der Waals surface area contributed by atoms with Gasteiger partial charge in [0.2, 0.25) is 5.76 Å². The van der Waals surface area contributed by atoms with E-state index in [4.69, 9.17) is 34.2 Å². The van der Waals surface area contributed by atoms with Gasteiger partial charge in [-0.2, -0.15) is 5.90 Å². The molecule has 0 amide bonds. The molecule has 1 aromatic rings. The Morgan fingerprint density at radius 2 is 1.93 bits per heavy atom. The van der Waals surface area contributed by atoms with Crippen LogP contribution in [0.2, 0.25) is 10.0 Å². The van der Waals surface area contributed by atoms with Gasteiger partial charge in [0.15, 0.2) is 0 Å². The van der Waals surface area contributed by atoms with E-state index in [-0.39, 0.29) is 0 Å². The Bertz CT molecular complexity index is 398. The van der Waals surface area contributed by atoms with Gasteiger partial charge in [0.05, 0.1) is 0 Å². The average Bonchev–Trinajstić information content (AvgIpc) is 2.17. The molecular weight excluding hydrogens is 241 g/mol. The Hall–Kier alpha value is -1.23. The molecule has 0 saturated carbocycles. The highest BCUT2D eigenvalue weighted by molar-refractivity contribution is 6.37. The van der Waals surface area contributed by atoms with Crippen molar-refractivity contribution in [2.75, 3.05) is 0 Å². The lowest BCUT2D eigenvalue weighted by Crippen LogP contribution is -2.09. The molecule has 0 aromatic heterocycles. The van der Waals surface area contributed by atoms with Crippen molar-refractivity contribution in [3.05, 3.63) is 39.6 Å². The molecule has 0 saturated heterocycles. The van der Waals surface area contributed by atoms with Gasteiger partial charge in [-0.15, -0.1) is 0 Å². The minimum Gasteiger partial charge on any atom is -0.475 e. The zero-order chi connectivity index (χ0) is 11.4. The first kappa shape index (κ1) is 11.8. The standard InChI is InChI=1S/C9H7Cl2NO3/c10-6-2-1-3-7(11)5(6)4-8(15-12)9(13)14/h1-4H,12H2,(H,13,14). The normalized spacial score (nSPS) is 11.3. The molecule has 0 atom stereocenters. The minimum absolute atomic E-state index is 0.318. The molecule has 0 unspecified atom stereocenters. The Morgan fingerprint density at radius 3 is 2.33 bits per heavy atom. The summed E-state index contributed by atoms with van der Waals surface area (Å²) in [6, 6.07) is 4.80. The number of carbonyl (C=O) groups is 1. The quantitative estimate of drug-likeness (QED) is 0.489. The van der Waals surface area contributed by atoms with Crippen LogP contribution in [0, 0.1) is 0 Å². The van der Waals surface area contributed by atoms with E-state index in [1.807, 2.05) is 0 Å². The SMILES string of the molecule is NOC(=Cc1c(Cl)cccc1Cl)C(=O)O. The fourth-order valence-electron chi connectivity index (χ4n) is 0.926. The van der Waals surface area contributed by atoms with Crippen LogP contribution in [0.15, 0.2) is 24.0 Å². The summed E-state index contributed by atoms with van der Waals surface area (Å²) in [5.41, 5.74) is 0.351. The van der Waals surface area contributed by atoms with E-state index >= 15 is 0 Å². The smallest absolute Gasteiger partial charge is 0.373 e. The fourth-order valence-corrected chi connectivity index (χ4v) is 1.43. The fraction of sp³-hybridized carbons (Fsp3) is 0. The summed E-state index contributed by atoms with van der Waals surface area (Å²) < 4.78 is 0. The molecule has 15 heavy (non-hydrogen) atoms. The first-order valence-electron chi connectivity index (χ1n) is 3.82. The van der Waals surface area contributed by atoms with Gasteiger partial charge in [-0.05, 0) is 12.1 Å². The number of carboxylic acids is 1. The predicted molar refractivity (Wildman–Crippen MR) is 57.3 cm³/mol. The van der Waals surface area contributed by atoms with Gasteiger partial charge < -0.3 is 9.94 Å². The molecule has 1 aromatic carbocycles. The largest absolute Gasteiger partial charge is 0.475 e. The zero-order valence-electron chi connectivity index (χ0n) is 7.41. The third-order valence-corrected chi connectivity index (χ3v) is 2.27. The van der Waals surface area contributed by atoms with Crippen molar-refractivity contribution in [1.82, 2.24) is 0 Å². The van der Waals surface area contributed by atoms with Crippen LogP contribution in [0.5, 0.6) is 0 Å². The van der Waals surface area contributed by atoms with Crippen LogP contribution in [0.3, 0.4) is 0 Å². The molecular formula is C9H7Cl2NO3. The summed E-state index contributed by atoms with van der Waals surface area (Å²) in [6.45, 7) is 0. The highest BCUT2D eigenvalue weighted by Crippen LogP contribution is 2.26. The molecule has 80 valence electrons. The maximum absolute atomic E-state index is 10.6. The maximum atomic E-state index is 10.6. The lowest BCUT2D eigenvalue weighted by molar-refractivity contribution is -0.136. The summed E-state index contributed by atoms with van der Waals surface area (Å²) in [6.07, 6.45) is 1.16. The van der Waals surface area contributed by atoms with E-state index in [9.17, 15) is 4.79 Å². The predicted octanol–water partition coefficient (Wildman–Crippen LogP) is 2.31. The minimum atomic E-state index is -1.30. The van der Waals surface area contributed by atoms with Crippen molar-refractivity contribution in [1.29, 1.82) is 0 Å². The molecule has 0 spiro atoms. The van der Waals surface area contributed by atoms with Crippen LogP contribution in [0.25, 0.3) is 6.08 Å². The number of rotatable bonds is 3. The summed E-state index contributed by atoms with van der Waals surface area (Å²) in [4.78, 5) is 14.8. The van der Waals surface area contributed by atoms with E-state index in [2.05, 4.69) is 4.84 Å². The average molecular weight is 248 g/mol. The lowest BCUT2D eigenvalue weighted by Gasteiger charge is -2.03. The Morgan fingerprint density at radius 1 is 1.40 bits per heavy atom. The molecule has 4 nitrogen and oxygen atoms in total. The number of benzene rings is 1. The van der Waals surface area contributed by atoms with Gasteiger partial charge in [-0.25, -0.2) is 4.79 Å². The third-order valence-electron chi connectivity index (χ3n) is 1.61. The number of carboxylic acid groups (broad SMARTS) is 1. The second kappa shape index (κ2) is 5.02. The van der Waals surface area contributed by atoms with E-state index in [0.29, 0.717) is 15.6 Å². The van der Waals surface area contributed by atoms with E-state index in [1.165, 1.54) is 0 Å². The van der Waals surface area contributed by atoms with E-state index in [0.717, 1.165) is 6.08 Å². The van der Waals surface area contributed by atoms with Crippen LogP contribution in [-0.2, 0) is 9.63 Å². The second-order valence-electron chi connectivity index (χ2n) is 2.57. The molecule has 3 N–H and O–H groups in total. The third kappa shape index (κ3) is 2.86. The Balaban J connectivity index is 3.22. The molecule has 0 radical (unpaired) electrons. The molecule has 1 rings (SSSR count). The van der Waals surface area contributed by atoms with Crippen LogP contribution in [0.1, 0.15) is 5.56 Å². The van der Waals surface area contributed by atoms with Gasteiger partial charge in [-0.1, -0.05) is 29.3 Å². The summed E-state index contributed by atoms with van der Waals surface area (Å²) in [7, 11) is 0.